The molecule has 86 valence electrons. The Morgan fingerprint density at radius 1 is 1.44 bits per heavy atom. The van der Waals surface area contributed by atoms with Crippen LogP contribution in [-0.4, -0.2) is 21.8 Å². The van der Waals surface area contributed by atoms with E-state index in [0.717, 1.165) is 35.6 Å². The molecule has 0 amide bonds. The zero-order valence-corrected chi connectivity index (χ0v) is 10.3. The van der Waals surface area contributed by atoms with E-state index < -0.39 is 0 Å². The summed E-state index contributed by atoms with van der Waals surface area (Å²) < 4.78 is 0. The molecule has 1 aromatic carbocycles. The fraction of sp³-hybridized carbons (Fsp3) is 0.417. The standard InChI is InChI=1S/C12H17N3S/c1-9(6-7-13)16-8-12-14-10-4-2-3-5-11(10)15-12/h2-5,9H,6-8,13H2,1H3,(H,14,15). The quantitative estimate of drug-likeness (QED) is 0.837. The maximum absolute atomic E-state index is 5.52. The number of thioether (sulfide) groups is 1. The smallest absolute Gasteiger partial charge is 0.117 e. The lowest BCUT2D eigenvalue weighted by atomic mass is 10.3. The van der Waals surface area contributed by atoms with E-state index in [1.807, 2.05) is 30.0 Å². The highest BCUT2D eigenvalue weighted by molar-refractivity contribution is 7.99. The number of nitrogens with one attached hydrogen (secondary N) is 1. The first kappa shape index (κ1) is 11.5. The van der Waals surface area contributed by atoms with Crippen molar-refractivity contribution in [1.82, 2.24) is 9.97 Å². The molecule has 3 N–H and O–H groups in total. The van der Waals surface area contributed by atoms with Crippen LogP contribution in [0.25, 0.3) is 11.0 Å². The van der Waals surface area contributed by atoms with Gasteiger partial charge in [-0.3, -0.25) is 0 Å². The van der Waals surface area contributed by atoms with Crippen LogP contribution in [0, 0.1) is 0 Å². The number of H-pyrrole nitrogens is 1. The van der Waals surface area contributed by atoms with Crippen LogP contribution in [0.15, 0.2) is 24.3 Å². The molecule has 4 heteroatoms. The van der Waals surface area contributed by atoms with E-state index in [2.05, 4.69) is 23.0 Å². The molecule has 1 aromatic heterocycles. The van der Waals surface area contributed by atoms with E-state index >= 15 is 0 Å². The first-order chi connectivity index (χ1) is 7.79. The maximum atomic E-state index is 5.52. The van der Waals surface area contributed by atoms with Crippen LogP contribution in [0.5, 0.6) is 0 Å². The van der Waals surface area contributed by atoms with E-state index in [-0.39, 0.29) is 0 Å². The molecule has 1 heterocycles. The maximum Gasteiger partial charge on any atom is 0.117 e. The second kappa shape index (κ2) is 5.37. The van der Waals surface area contributed by atoms with Crippen molar-refractivity contribution in [3.8, 4) is 0 Å². The molecule has 0 radical (unpaired) electrons. The molecule has 2 rings (SSSR count). The number of hydrogen-bond donors (Lipinski definition) is 2. The molecule has 0 aliphatic heterocycles. The average Bonchev–Trinajstić information content (AvgIpc) is 2.69. The van der Waals surface area contributed by atoms with Crippen molar-refractivity contribution in [3.05, 3.63) is 30.1 Å². The molecule has 0 bridgehead atoms. The Balaban J connectivity index is 1.99. The highest BCUT2D eigenvalue weighted by atomic mass is 32.2. The van der Waals surface area contributed by atoms with Gasteiger partial charge in [-0.25, -0.2) is 4.98 Å². The lowest BCUT2D eigenvalue weighted by Gasteiger charge is -2.07. The first-order valence-electron chi connectivity index (χ1n) is 5.55. The fourth-order valence-electron chi connectivity index (χ4n) is 1.61. The average molecular weight is 235 g/mol. The molecule has 3 nitrogen and oxygen atoms in total. The Labute approximate surface area is 99.8 Å². The van der Waals surface area contributed by atoms with Gasteiger partial charge in [0.05, 0.1) is 16.8 Å². The van der Waals surface area contributed by atoms with E-state index in [4.69, 9.17) is 5.73 Å². The number of aromatic amines is 1. The van der Waals surface area contributed by atoms with E-state index in [9.17, 15) is 0 Å². The number of hydrogen-bond acceptors (Lipinski definition) is 3. The molecule has 0 saturated heterocycles. The summed E-state index contributed by atoms with van der Waals surface area (Å²) in [6.07, 6.45) is 1.06. The van der Waals surface area contributed by atoms with Gasteiger partial charge >= 0.3 is 0 Å². The summed E-state index contributed by atoms with van der Waals surface area (Å²) in [5.74, 6) is 1.98. The Morgan fingerprint density at radius 2 is 2.25 bits per heavy atom. The minimum atomic E-state index is 0.596. The van der Waals surface area contributed by atoms with Crippen LogP contribution in [0.1, 0.15) is 19.2 Å². The Morgan fingerprint density at radius 3 is 3.00 bits per heavy atom. The third-order valence-electron chi connectivity index (χ3n) is 2.52. The zero-order valence-electron chi connectivity index (χ0n) is 9.44. The molecule has 0 saturated carbocycles. The number of rotatable bonds is 5. The highest BCUT2D eigenvalue weighted by Gasteiger charge is 2.05. The third kappa shape index (κ3) is 2.77. The monoisotopic (exact) mass is 235 g/mol. The summed E-state index contributed by atoms with van der Waals surface area (Å²) in [4.78, 5) is 7.87. The van der Waals surface area contributed by atoms with Crippen molar-refractivity contribution in [2.45, 2.75) is 24.3 Å². The SMILES string of the molecule is CC(CCN)SCc1nc2ccccc2[nH]1. The normalized spacial score (nSPS) is 13.1. The predicted molar refractivity (Wildman–Crippen MR) is 70.5 cm³/mol. The summed E-state index contributed by atoms with van der Waals surface area (Å²) >= 11 is 1.90. The number of para-hydroxylation sites is 2. The van der Waals surface area contributed by atoms with Crippen LogP contribution in [0.2, 0.25) is 0 Å². The number of imidazole rings is 1. The number of benzene rings is 1. The molecule has 0 spiro atoms. The minimum Gasteiger partial charge on any atom is -0.341 e. The number of aromatic nitrogens is 2. The molecular weight excluding hydrogens is 218 g/mol. The van der Waals surface area contributed by atoms with Gasteiger partial charge in [-0.1, -0.05) is 19.1 Å². The summed E-state index contributed by atoms with van der Waals surface area (Å²) in [6, 6.07) is 8.12. The molecule has 2 aromatic rings. The second-order valence-corrected chi connectivity index (χ2v) is 5.33. The topological polar surface area (TPSA) is 54.7 Å². The number of fused-ring (bicyclic) bond motifs is 1. The van der Waals surface area contributed by atoms with Gasteiger partial charge in [0.1, 0.15) is 5.82 Å². The second-order valence-electron chi connectivity index (χ2n) is 3.90. The van der Waals surface area contributed by atoms with Gasteiger partial charge in [0.2, 0.25) is 0 Å². The molecule has 16 heavy (non-hydrogen) atoms. The minimum absolute atomic E-state index is 0.596. The molecule has 1 atom stereocenters. The lowest BCUT2D eigenvalue weighted by Crippen LogP contribution is -2.07. The summed E-state index contributed by atoms with van der Waals surface area (Å²) in [5, 5.41) is 0.596. The summed E-state index contributed by atoms with van der Waals surface area (Å²) in [5.41, 5.74) is 7.68. The molecular formula is C12H17N3S. The molecule has 0 aliphatic rings. The van der Waals surface area contributed by atoms with Gasteiger partial charge in [0.25, 0.3) is 0 Å². The van der Waals surface area contributed by atoms with Gasteiger partial charge in [-0.15, -0.1) is 0 Å². The summed E-state index contributed by atoms with van der Waals surface area (Å²) in [6.45, 7) is 2.97. The first-order valence-corrected chi connectivity index (χ1v) is 6.60. The van der Waals surface area contributed by atoms with Gasteiger partial charge in [0.15, 0.2) is 0 Å². The molecule has 0 aliphatic carbocycles. The van der Waals surface area contributed by atoms with Crippen molar-refractivity contribution in [2.75, 3.05) is 6.54 Å². The van der Waals surface area contributed by atoms with Crippen molar-refractivity contribution in [2.24, 2.45) is 5.73 Å². The van der Waals surface area contributed by atoms with Crippen LogP contribution in [0.4, 0.5) is 0 Å². The van der Waals surface area contributed by atoms with E-state index in [0.29, 0.717) is 5.25 Å². The lowest BCUT2D eigenvalue weighted by molar-refractivity contribution is 0.822. The molecule has 1 unspecified atom stereocenters. The van der Waals surface area contributed by atoms with Crippen LogP contribution >= 0.6 is 11.8 Å². The summed E-state index contributed by atoms with van der Waals surface area (Å²) in [7, 11) is 0. The number of nitrogens with two attached hydrogens (primary N) is 1. The fourth-order valence-corrected chi connectivity index (χ4v) is 2.50. The van der Waals surface area contributed by atoms with Crippen molar-refractivity contribution >= 4 is 22.8 Å². The van der Waals surface area contributed by atoms with Gasteiger partial charge in [-0.2, -0.15) is 11.8 Å². The van der Waals surface area contributed by atoms with Crippen molar-refractivity contribution in [1.29, 1.82) is 0 Å². The van der Waals surface area contributed by atoms with Gasteiger partial charge < -0.3 is 10.7 Å². The third-order valence-corrected chi connectivity index (χ3v) is 3.76. The Hall–Kier alpha value is -1.00. The van der Waals surface area contributed by atoms with Crippen molar-refractivity contribution in [3.63, 3.8) is 0 Å². The van der Waals surface area contributed by atoms with Crippen LogP contribution < -0.4 is 5.73 Å². The van der Waals surface area contributed by atoms with Crippen LogP contribution in [0.3, 0.4) is 0 Å². The van der Waals surface area contributed by atoms with E-state index in [1.165, 1.54) is 0 Å². The largest absolute Gasteiger partial charge is 0.341 e. The highest BCUT2D eigenvalue weighted by Crippen LogP contribution is 2.19. The molecule has 0 fully saturated rings. The van der Waals surface area contributed by atoms with Crippen molar-refractivity contribution < 1.29 is 0 Å². The van der Waals surface area contributed by atoms with E-state index in [1.54, 1.807) is 0 Å². The van der Waals surface area contributed by atoms with Crippen LogP contribution in [-0.2, 0) is 5.75 Å². The Kier molecular flexibility index (Phi) is 3.85. The Bertz CT molecular complexity index is 419. The number of nitrogens with zero attached hydrogens (tertiary/aromatic N) is 1. The zero-order chi connectivity index (χ0) is 11.4. The predicted octanol–water partition coefficient (Wildman–Crippen LogP) is 2.53. The van der Waals surface area contributed by atoms with Gasteiger partial charge in [0, 0.05) is 5.25 Å². The van der Waals surface area contributed by atoms with Gasteiger partial charge in [-0.05, 0) is 25.1 Å².